The second kappa shape index (κ2) is 6.10. The van der Waals surface area contributed by atoms with E-state index < -0.39 is 0 Å². The highest BCUT2D eigenvalue weighted by Gasteiger charge is 2.12. The number of aromatic amines is 1. The summed E-state index contributed by atoms with van der Waals surface area (Å²) < 4.78 is 0. The van der Waals surface area contributed by atoms with E-state index in [4.69, 9.17) is 0 Å². The van der Waals surface area contributed by atoms with E-state index in [0.29, 0.717) is 5.56 Å². The van der Waals surface area contributed by atoms with E-state index in [-0.39, 0.29) is 0 Å². The molecular formula is C16H19N3. The molecule has 1 N–H and O–H groups in total. The second-order valence-electron chi connectivity index (χ2n) is 4.70. The fourth-order valence-corrected chi connectivity index (χ4v) is 2.11. The maximum absolute atomic E-state index is 9.26. The first-order chi connectivity index (χ1) is 9.26. The number of anilines is 1. The molecule has 0 saturated heterocycles. The lowest BCUT2D eigenvalue weighted by atomic mass is 10.1. The highest BCUT2D eigenvalue weighted by atomic mass is 15.2. The Morgan fingerprint density at radius 2 is 2.00 bits per heavy atom. The molecule has 0 aliphatic rings. The number of hydrogen-bond donors (Lipinski definition) is 1. The van der Waals surface area contributed by atoms with Crippen molar-refractivity contribution in [1.82, 2.24) is 4.98 Å². The number of benzene rings is 1. The largest absolute Gasteiger partial charge is 0.360 e. The highest BCUT2D eigenvalue weighted by Crippen LogP contribution is 2.26. The molecule has 98 valence electrons. The van der Waals surface area contributed by atoms with Gasteiger partial charge in [-0.25, -0.2) is 0 Å². The van der Waals surface area contributed by atoms with E-state index in [9.17, 15) is 5.26 Å². The average molecular weight is 253 g/mol. The molecule has 0 aliphatic carbocycles. The quantitative estimate of drug-likeness (QED) is 0.881. The van der Waals surface area contributed by atoms with Gasteiger partial charge in [-0.1, -0.05) is 43.7 Å². The lowest BCUT2D eigenvalue weighted by Crippen LogP contribution is -2.19. The van der Waals surface area contributed by atoms with Crippen LogP contribution in [0.25, 0.3) is 11.3 Å². The number of unbranched alkanes of at least 4 members (excludes halogenated alkanes) is 1. The normalized spacial score (nSPS) is 10.2. The predicted molar refractivity (Wildman–Crippen MR) is 79.1 cm³/mol. The molecule has 0 bridgehead atoms. The SMILES string of the molecule is CCCCN(C)c1[nH]c(-c2ccccc2)cc1C#N. The maximum atomic E-state index is 9.26. The number of rotatable bonds is 5. The predicted octanol–water partition coefficient (Wildman–Crippen LogP) is 3.79. The molecule has 3 heteroatoms. The number of nitriles is 1. The van der Waals surface area contributed by atoms with E-state index >= 15 is 0 Å². The fraction of sp³-hybridized carbons (Fsp3) is 0.312. The van der Waals surface area contributed by atoms with Crippen molar-refractivity contribution in [2.24, 2.45) is 0 Å². The molecule has 0 amide bonds. The zero-order chi connectivity index (χ0) is 13.7. The van der Waals surface area contributed by atoms with Crippen molar-refractivity contribution in [2.45, 2.75) is 19.8 Å². The number of H-pyrrole nitrogens is 1. The molecule has 1 aromatic carbocycles. The summed E-state index contributed by atoms with van der Waals surface area (Å²) in [5.74, 6) is 0.912. The Kier molecular flexibility index (Phi) is 4.25. The molecule has 0 spiro atoms. The molecule has 2 rings (SSSR count). The lowest BCUT2D eigenvalue weighted by molar-refractivity contribution is 0.761. The van der Waals surface area contributed by atoms with Crippen molar-refractivity contribution < 1.29 is 0 Å². The molecule has 0 aliphatic heterocycles. The Morgan fingerprint density at radius 1 is 1.26 bits per heavy atom. The molecule has 1 heterocycles. The van der Waals surface area contributed by atoms with E-state index in [1.54, 1.807) is 0 Å². The van der Waals surface area contributed by atoms with E-state index in [0.717, 1.165) is 36.5 Å². The zero-order valence-corrected chi connectivity index (χ0v) is 11.5. The van der Waals surface area contributed by atoms with Crippen LogP contribution in [-0.4, -0.2) is 18.6 Å². The first kappa shape index (κ1) is 13.2. The van der Waals surface area contributed by atoms with Crippen molar-refractivity contribution in [3.8, 4) is 17.3 Å². The summed E-state index contributed by atoms with van der Waals surface area (Å²) in [6.07, 6.45) is 2.28. The van der Waals surface area contributed by atoms with Gasteiger partial charge < -0.3 is 9.88 Å². The third-order valence-corrected chi connectivity index (χ3v) is 3.23. The molecule has 0 atom stereocenters. The summed E-state index contributed by atoms with van der Waals surface area (Å²) in [7, 11) is 2.02. The molecule has 1 aromatic heterocycles. The van der Waals surface area contributed by atoms with Gasteiger partial charge in [-0.2, -0.15) is 5.26 Å². The van der Waals surface area contributed by atoms with Gasteiger partial charge in [-0.15, -0.1) is 0 Å². The van der Waals surface area contributed by atoms with Crippen LogP contribution in [0.15, 0.2) is 36.4 Å². The van der Waals surface area contributed by atoms with E-state index in [1.165, 1.54) is 0 Å². The van der Waals surface area contributed by atoms with Gasteiger partial charge in [0.15, 0.2) is 0 Å². The van der Waals surface area contributed by atoms with Gasteiger partial charge >= 0.3 is 0 Å². The molecule has 19 heavy (non-hydrogen) atoms. The van der Waals surface area contributed by atoms with Crippen LogP contribution in [0.5, 0.6) is 0 Å². The molecule has 0 fully saturated rings. The zero-order valence-electron chi connectivity index (χ0n) is 11.5. The Labute approximate surface area is 114 Å². The molecule has 0 radical (unpaired) electrons. The van der Waals surface area contributed by atoms with Gasteiger partial charge in [0, 0.05) is 19.3 Å². The Hall–Kier alpha value is -2.21. The van der Waals surface area contributed by atoms with Crippen LogP contribution in [0.3, 0.4) is 0 Å². The Bertz CT molecular complexity index is 563. The van der Waals surface area contributed by atoms with E-state index in [2.05, 4.69) is 22.9 Å². The molecule has 0 saturated carbocycles. The Balaban J connectivity index is 2.30. The van der Waals surface area contributed by atoms with E-state index in [1.807, 2.05) is 43.4 Å². The topological polar surface area (TPSA) is 42.8 Å². The van der Waals surface area contributed by atoms with Crippen LogP contribution in [0, 0.1) is 11.3 Å². The standard InChI is InChI=1S/C16H19N3/c1-3-4-10-19(2)16-14(12-17)11-15(18-16)13-8-6-5-7-9-13/h5-9,11,18H,3-4,10H2,1-2H3. The smallest absolute Gasteiger partial charge is 0.124 e. The second-order valence-corrected chi connectivity index (χ2v) is 4.70. The summed E-state index contributed by atoms with van der Waals surface area (Å²) in [5.41, 5.74) is 2.81. The van der Waals surface area contributed by atoms with Crippen molar-refractivity contribution in [3.05, 3.63) is 42.0 Å². The summed E-state index contributed by atoms with van der Waals surface area (Å²) in [4.78, 5) is 5.48. The van der Waals surface area contributed by atoms with Crippen molar-refractivity contribution >= 4 is 5.82 Å². The minimum absolute atomic E-state index is 0.706. The number of aromatic nitrogens is 1. The minimum atomic E-state index is 0.706. The number of nitrogens with one attached hydrogen (secondary N) is 1. The van der Waals surface area contributed by atoms with Crippen LogP contribution in [0.1, 0.15) is 25.3 Å². The van der Waals surface area contributed by atoms with Gasteiger partial charge in [0.25, 0.3) is 0 Å². The summed E-state index contributed by atoms with van der Waals surface area (Å²) in [5, 5.41) is 9.26. The highest BCUT2D eigenvalue weighted by molar-refractivity contribution is 5.69. The molecule has 2 aromatic rings. The molecular weight excluding hydrogens is 234 g/mol. The van der Waals surface area contributed by atoms with Gasteiger partial charge in [-0.3, -0.25) is 0 Å². The van der Waals surface area contributed by atoms with Gasteiger partial charge in [-0.05, 0) is 18.1 Å². The van der Waals surface area contributed by atoms with Gasteiger partial charge in [0.05, 0.1) is 5.56 Å². The van der Waals surface area contributed by atoms with Crippen molar-refractivity contribution in [1.29, 1.82) is 5.26 Å². The average Bonchev–Trinajstić information content (AvgIpc) is 2.90. The monoisotopic (exact) mass is 253 g/mol. The summed E-state index contributed by atoms with van der Waals surface area (Å²) >= 11 is 0. The molecule has 0 unspecified atom stereocenters. The molecule has 3 nitrogen and oxygen atoms in total. The minimum Gasteiger partial charge on any atom is -0.360 e. The Morgan fingerprint density at radius 3 is 2.63 bits per heavy atom. The lowest BCUT2D eigenvalue weighted by Gasteiger charge is -2.17. The van der Waals surface area contributed by atoms with Crippen LogP contribution in [0.2, 0.25) is 0 Å². The number of nitrogens with zero attached hydrogens (tertiary/aromatic N) is 2. The summed E-state index contributed by atoms with van der Waals surface area (Å²) in [6.45, 7) is 3.13. The third-order valence-electron chi connectivity index (χ3n) is 3.23. The van der Waals surface area contributed by atoms with Crippen molar-refractivity contribution in [2.75, 3.05) is 18.5 Å². The van der Waals surface area contributed by atoms with Gasteiger partial charge in [0.1, 0.15) is 11.9 Å². The first-order valence-electron chi connectivity index (χ1n) is 6.66. The first-order valence-corrected chi connectivity index (χ1v) is 6.66. The van der Waals surface area contributed by atoms with Crippen LogP contribution < -0.4 is 4.90 Å². The summed E-state index contributed by atoms with van der Waals surface area (Å²) in [6, 6.07) is 14.3. The van der Waals surface area contributed by atoms with Crippen molar-refractivity contribution in [3.63, 3.8) is 0 Å². The van der Waals surface area contributed by atoms with Crippen LogP contribution >= 0.6 is 0 Å². The third kappa shape index (κ3) is 2.97. The van der Waals surface area contributed by atoms with Crippen LogP contribution in [0.4, 0.5) is 5.82 Å². The maximum Gasteiger partial charge on any atom is 0.124 e. The number of hydrogen-bond acceptors (Lipinski definition) is 2. The fourth-order valence-electron chi connectivity index (χ4n) is 2.11. The van der Waals surface area contributed by atoms with Gasteiger partial charge in [0.2, 0.25) is 0 Å². The van der Waals surface area contributed by atoms with Crippen LogP contribution in [-0.2, 0) is 0 Å².